The van der Waals surface area contributed by atoms with Gasteiger partial charge in [0.15, 0.2) is 0 Å². The van der Waals surface area contributed by atoms with Crippen molar-refractivity contribution in [3.05, 3.63) is 76.6 Å². The number of aromatic nitrogens is 2. The van der Waals surface area contributed by atoms with Crippen molar-refractivity contribution in [3.63, 3.8) is 0 Å². The van der Waals surface area contributed by atoms with Gasteiger partial charge in [-0.3, -0.25) is 4.79 Å². The van der Waals surface area contributed by atoms with E-state index in [-0.39, 0.29) is 5.91 Å². The van der Waals surface area contributed by atoms with E-state index < -0.39 is 0 Å². The largest absolute Gasteiger partial charge is 0.497 e. The van der Waals surface area contributed by atoms with E-state index in [2.05, 4.69) is 20.6 Å². The molecule has 29 heavy (non-hydrogen) atoms. The number of aryl methyl sites for hydroxylation is 3. The monoisotopic (exact) mass is 390 g/mol. The average molecular weight is 390 g/mol. The molecule has 0 fully saturated rings. The van der Waals surface area contributed by atoms with Gasteiger partial charge in [0.1, 0.15) is 11.4 Å². The van der Waals surface area contributed by atoms with Crippen LogP contribution in [0.1, 0.15) is 32.9 Å². The van der Waals surface area contributed by atoms with Crippen LogP contribution in [0.15, 0.2) is 48.5 Å². The molecule has 3 rings (SSSR count). The number of nitrogens with one attached hydrogen (secondary N) is 2. The van der Waals surface area contributed by atoms with Crippen molar-refractivity contribution < 1.29 is 9.53 Å². The van der Waals surface area contributed by atoms with Crippen LogP contribution in [0, 0.1) is 20.8 Å². The Morgan fingerprint density at radius 3 is 2.45 bits per heavy atom. The molecule has 0 saturated heterocycles. The highest BCUT2D eigenvalue weighted by Crippen LogP contribution is 2.22. The molecular formula is C23H26N4O2. The van der Waals surface area contributed by atoms with Gasteiger partial charge in [-0.2, -0.15) is 0 Å². The molecule has 0 radical (unpaired) electrons. The average Bonchev–Trinajstić information content (AvgIpc) is 2.70. The Bertz CT molecular complexity index is 997. The molecule has 3 aromatic rings. The molecule has 0 aliphatic heterocycles. The number of carbonyl (C=O) groups excluding carboxylic acids is 1. The van der Waals surface area contributed by atoms with E-state index >= 15 is 0 Å². The van der Waals surface area contributed by atoms with E-state index in [0.29, 0.717) is 24.6 Å². The summed E-state index contributed by atoms with van der Waals surface area (Å²) >= 11 is 0. The van der Waals surface area contributed by atoms with Gasteiger partial charge >= 0.3 is 0 Å². The normalized spacial score (nSPS) is 10.5. The Morgan fingerprint density at radius 1 is 1.00 bits per heavy atom. The first-order valence-electron chi connectivity index (χ1n) is 9.56. The van der Waals surface area contributed by atoms with Crippen LogP contribution in [0.5, 0.6) is 5.75 Å². The molecule has 6 heteroatoms. The minimum absolute atomic E-state index is 0.219. The van der Waals surface area contributed by atoms with Gasteiger partial charge in [-0.25, -0.2) is 9.97 Å². The Balaban J connectivity index is 1.67. The van der Waals surface area contributed by atoms with E-state index in [4.69, 9.17) is 4.74 Å². The molecule has 1 heterocycles. The minimum Gasteiger partial charge on any atom is -0.497 e. The quantitative estimate of drug-likeness (QED) is 0.634. The first kappa shape index (κ1) is 20.3. The van der Waals surface area contributed by atoms with Crippen molar-refractivity contribution in [2.45, 2.75) is 27.2 Å². The van der Waals surface area contributed by atoms with E-state index in [0.717, 1.165) is 33.8 Å². The van der Waals surface area contributed by atoms with Crippen molar-refractivity contribution in [2.24, 2.45) is 0 Å². The number of hydrogen-bond donors (Lipinski definition) is 2. The van der Waals surface area contributed by atoms with Crippen LogP contribution < -0.4 is 15.4 Å². The fourth-order valence-electron chi connectivity index (χ4n) is 3.10. The molecule has 150 valence electrons. The zero-order chi connectivity index (χ0) is 20.8. The van der Waals surface area contributed by atoms with Crippen molar-refractivity contribution in [3.8, 4) is 5.75 Å². The Hall–Kier alpha value is -3.41. The van der Waals surface area contributed by atoms with Crippen LogP contribution >= 0.6 is 0 Å². The van der Waals surface area contributed by atoms with Gasteiger partial charge in [-0.15, -0.1) is 0 Å². The van der Waals surface area contributed by atoms with Gasteiger partial charge in [-0.1, -0.05) is 30.3 Å². The fourth-order valence-corrected chi connectivity index (χ4v) is 3.10. The second-order valence-corrected chi connectivity index (χ2v) is 6.97. The second-order valence-electron chi connectivity index (χ2n) is 6.97. The lowest BCUT2D eigenvalue weighted by Crippen LogP contribution is -2.27. The highest BCUT2D eigenvalue weighted by molar-refractivity contribution is 5.92. The number of hydrogen-bond acceptors (Lipinski definition) is 5. The van der Waals surface area contributed by atoms with Crippen LogP contribution in [-0.4, -0.2) is 29.5 Å². The van der Waals surface area contributed by atoms with Crippen molar-refractivity contribution in [2.75, 3.05) is 19.0 Å². The van der Waals surface area contributed by atoms with Gasteiger partial charge in [0.2, 0.25) is 5.95 Å². The van der Waals surface area contributed by atoms with Crippen molar-refractivity contribution in [1.82, 2.24) is 15.3 Å². The van der Waals surface area contributed by atoms with Crippen LogP contribution in [0.3, 0.4) is 0 Å². The highest BCUT2D eigenvalue weighted by Gasteiger charge is 2.12. The number of rotatable bonds is 7. The molecule has 2 N–H and O–H groups in total. The summed E-state index contributed by atoms with van der Waals surface area (Å²) in [5.41, 5.74) is 5.32. The number of amides is 1. The molecule has 0 atom stereocenters. The van der Waals surface area contributed by atoms with E-state index in [1.165, 1.54) is 0 Å². The molecule has 0 spiro atoms. The molecule has 0 bridgehead atoms. The third-order valence-corrected chi connectivity index (χ3v) is 4.64. The molecule has 0 unspecified atom stereocenters. The Kier molecular flexibility index (Phi) is 6.44. The highest BCUT2D eigenvalue weighted by atomic mass is 16.5. The van der Waals surface area contributed by atoms with Crippen LogP contribution in [0.2, 0.25) is 0 Å². The summed E-state index contributed by atoms with van der Waals surface area (Å²) in [5, 5.41) is 6.18. The standard InChI is InChI=1S/C23H26N4O2/c1-15-7-5-8-16(2)21(15)27-23-25-17(3)13-20(26-23)22(28)24-12-11-18-9-6-10-19(14-18)29-4/h5-10,13-14H,11-12H2,1-4H3,(H,24,28)(H,25,26,27). The first-order chi connectivity index (χ1) is 14.0. The molecular weight excluding hydrogens is 364 g/mol. The summed E-state index contributed by atoms with van der Waals surface area (Å²) in [7, 11) is 1.64. The molecule has 1 aromatic heterocycles. The summed E-state index contributed by atoms with van der Waals surface area (Å²) in [6.45, 7) is 6.41. The van der Waals surface area contributed by atoms with Gasteiger partial charge in [0.25, 0.3) is 5.91 Å². The molecule has 0 saturated carbocycles. The number of ether oxygens (including phenoxy) is 1. The topological polar surface area (TPSA) is 76.1 Å². The van der Waals surface area contributed by atoms with Crippen LogP contribution in [-0.2, 0) is 6.42 Å². The van der Waals surface area contributed by atoms with Gasteiger partial charge in [0, 0.05) is 17.9 Å². The second kappa shape index (κ2) is 9.19. The first-order valence-corrected chi connectivity index (χ1v) is 9.56. The fraction of sp³-hybridized carbons (Fsp3) is 0.261. The van der Waals surface area contributed by atoms with E-state index in [1.54, 1.807) is 13.2 Å². The third kappa shape index (κ3) is 5.31. The minimum atomic E-state index is -0.219. The number of anilines is 2. The third-order valence-electron chi connectivity index (χ3n) is 4.64. The maximum atomic E-state index is 12.6. The predicted octanol–water partition coefficient (Wildman–Crippen LogP) is 4.13. The van der Waals surface area contributed by atoms with Crippen LogP contribution in [0.25, 0.3) is 0 Å². The molecule has 2 aromatic carbocycles. The number of para-hydroxylation sites is 1. The molecule has 1 amide bonds. The lowest BCUT2D eigenvalue weighted by atomic mass is 10.1. The number of benzene rings is 2. The Labute approximate surface area is 171 Å². The summed E-state index contributed by atoms with van der Waals surface area (Å²) in [5.74, 6) is 1.01. The maximum absolute atomic E-state index is 12.6. The summed E-state index contributed by atoms with van der Waals surface area (Å²) in [6.07, 6.45) is 0.709. The smallest absolute Gasteiger partial charge is 0.270 e. The SMILES string of the molecule is COc1cccc(CCNC(=O)c2cc(C)nc(Nc3c(C)cccc3C)n2)c1. The maximum Gasteiger partial charge on any atom is 0.270 e. The number of carbonyl (C=O) groups is 1. The summed E-state index contributed by atoms with van der Waals surface area (Å²) in [4.78, 5) is 21.4. The zero-order valence-electron chi connectivity index (χ0n) is 17.2. The molecule has 0 aliphatic carbocycles. The van der Waals surface area contributed by atoms with Crippen LogP contribution in [0.4, 0.5) is 11.6 Å². The van der Waals surface area contributed by atoms with E-state index in [1.807, 2.05) is 63.2 Å². The zero-order valence-corrected chi connectivity index (χ0v) is 17.2. The van der Waals surface area contributed by atoms with Gasteiger partial charge in [0.05, 0.1) is 7.11 Å². The molecule has 0 aliphatic rings. The Morgan fingerprint density at radius 2 is 1.72 bits per heavy atom. The number of methoxy groups -OCH3 is 1. The van der Waals surface area contributed by atoms with Crippen molar-refractivity contribution >= 4 is 17.5 Å². The van der Waals surface area contributed by atoms with Crippen molar-refractivity contribution in [1.29, 1.82) is 0 Å². The lowest BCUT2D eigenvalue weighted by Gasteiger charge is -2.13. The van der Waals surface area contributed by atoms with Gasteiger partial charge in [-0.05, 0) is 62.1 Å². The lowest BCUT2D eigenvalue weighted by molar-refractivity contribution is 0.0949. The summed E-state index contributed by atoms with van der Waals surface area (Å²) in [6, 6.07) is 15.6. The van der Waals surface area contributed by atoms with Gasteiger partial charge < -0.3 is 15.4 Å². The molecule has 6 nitrogen and oxygen atoms in total. The van der Waals surface area contributed by atoms with E-state index in [9.17, 15) is 4.79 Å². The number of nitrogens with zero attached hydrogens (tertiary/aromatic N) is 2. The predicted molar refractivity (Wildman–Crippen MR) is 115 cm³/mol. The summed E-state index contributed by atoms with van der Waals surface area (Å²) < 4.78 is 5.23.